The monoisotopic (exact) mass is 454 g/mol. The van der Waals surface area contributed by atoms with Crippen molar-refractivity contribution < 1.29 is 14.2 Å². The largest absolute Gasteiger partial charge is 0.508 e. The van der Waals surface area contributed by atoms with Crippen LogP contribution in [-0.4, -0.2) is 17.9 Å². The van der Waals surface area contributed by atoms with E-state index in [-0.39, 0.29) is 23.8 Å². The molecule has 1 unspecified atom stereocenters. The van der Waals surface area contributed by atoms with Crippen molar-refractivity contribution in [2.24, 2.45) is 4.99 Å². The van der Waals surface area contributed by atoms with E-state index in [0.717, 1.165) is 28.2 Å². The highest BCUT2D eigenvalue weighted by atomic mass is 79.9. The van der Waals surface area contributed by atoms with Gasteiger partial charge < -0.3 is 9.84 Å². The highest BCUT2D eigenvalue weighted by Gasteiger charge is 2.27. The molecule has 1 aliphatic rings. The number of methoxy groups -OCH3 is 1. The average Bonchev–Trinajstić information content (AvgIpc) is 2.75. The lowest BCUT2D eigenvalue weighted by atomic mass is 9.93. The molecule has 3 aromatic rings. The van der Waals surface area contributed by atoms with Crippen molar-refractivity contribution >= 4 is 21.6 Å². The number of aromatic hydroxyl groups is 1. The number of hydrogen-bond donors (Lipinski definition) is 2. The van der Waals surface area contributed by atoms with Crippen molar-refractivity contribution in [3.05, 3.63) is 93.7 Å². The Morgan fingerprint density at radius 3 is 2.55 bits per heavy atom. The van der Waals surface area contributed by atoms with Crippen LogP contribution in [0.15, 0.2) is 76.2 Å². The molecule has 6 heteroatoms. The molecule has 1 heterocycles. The van der Waals surface area contributed by atoms with E-state index < -0.39 is 0 Å². The van der Waals surface area contributed by atoms with Gasteiger partial charge in [0.25, 0.3) is 0 Å². The summed E-state index contributed by atoms with van der Waals surface area (Å²) in [7, 11) is 1.63. The fourth-order valence-corrected chi connectivity index (χ4v) is 3.90. The number of halogens is 2. The first-order valence-electron chi connectivity index (χ1n) is 9.25. The van der Waals surface area contributed by atoms with Gasteiger partial charge in [-0.15, -0.1) is 0 Å². The maximum Gasteiger partial charge on any atom is 0.137 e. The minimum absolute atomic E-state index is 0.139. The third kappa shape index (κ3) is 4.18. The van der Waals surface area contributed by atoms with Gasteiger partial charge in [-0.2, -0.15) is 0 Å². The molecule has 0 saturated carbocycles. The molecule has 0 aliphatic carbocycles. The molecule has 4 rings (SSSR count). The summed E-state index contributed by atoms with van der Waals surface area (Å²) in [5, 5.41) is 13.9. The summed E-state index contributed by atoms with van der Waals surface area (Å²) in [6.45, 7) is 0. The summed E-state index contributed by atoms with van der Waals surface area (Å²) in [5.74, 6) is 0.695. The van der Waals surface area contributed by atoms with Crippen molar-refractivity contribution in [1.29, 1.82) is 0 Å². The molecular formula is C23H20BrFN2O2. The van der Waals surface area contributed by atoms with E-state index in [2.05, 4.69) is 21.2 Å². The summed E-state index contributed by atoms with van der Waals surface area (Å²) in [6.07, 6.45) is 0.241. The highest BCUT2D eigenvalue weighted by molar-refractivity contribution is 9.10. The second-order valence-corrected chi connectivity index (χ2v) is 7.72. The lowest BCUT2D eigenvalue weighted by Crippen LogP contribution is -2.33. The van der Waals surface area contributed by atoms with Crippen molar-refractivity contribution in [2.75, 3.05) is 7.11 Å². The molecule has 0 bridgehead atoms. The van der Waals surface area contributed by atoms with Crippen LogP contribution in [0.1, 0.15) is 35.3 Å². The first-order valence-corrected chi connectivity index (χ1v) is 10.0. The molecule has 0 fully saturated rings. The number of aliphatic imine (C=N–C) groups is 1. The van der Waals surface area contributed by atoms with E-state index in [1.54, 1.807) is 31.4 Å². The normalized spacial score (nSPS) is 18.9. The first kappa shape index (κ1) is 19.6. The van der Waals surface area contributed by atoms with Gasteiger partial charge in [-0.1, -0.05) is 24.3 Å². The molecule has 148 valence electrons. The number of phenols is 1. The van der Waals surface area contributed by atoms with E-state index in [4.69, 9.17) is 9.73 Å². The SMILES string of the molecule is COc1ccc(C2=N[C@@H](c3ccc(F)c(Br)c3)NC(c3ccccc3O)C2)cc1. The van der Waals surface area contributed by atoms with E-state index >= 15 is 0 Å². The summed E-state index contributed by atoms with van der Waals surface area (Å²) in [5.41, 5.74) is 3.54. The number of rotatable bonds is 4. The Bertz CT molecular complexity index is 1050. The third-order valence-corrected chi connectivity index (χ3v) is 5.64. The standard InChI is InChI=1S/C23H20BrFN2O2/c1-29-16-9-6-14(7-10-16)20-13-21(17-4-2-3-5-22(17)28)27-23(26-20)15-8-11-19(25)18(24)12-15/h2-12,21,23,27-28H,13H2,1H3/t21?,23-/m1/s1. The smallest absolute Gasteiger partial charge is 0.137 e. The predicted molar refractivity (Wildman–Crippen MR) is 115 cm³/mol. The maximum atomic E-state index is 13.7. The fourth-order valence-electron chi connectivity index (χ4n) is 3.50. The van der Waals surface area contributed by atoms with Crippen LogP contribution in [0, 0.1) is 5.82 Å². The van der Waals surface area contributed by atoms with Gasteiger partial charge in [0.05, 0.1) is 11.6 Å². The van der Waals surface area contributed by atoms with Gasteiger partial charge in [0, 0.05) is 23.7 Å². The van der Waals surface area contributed by atoms with E-state index in [0.29, 0.717) is 10.9 Å². The number of hydrogen-bond acceptors (Lipinski definition) is 4. The van der Waals surface area contributed by atoms with Crippen LogP contribution in [0.25, 0.3) is 0 Å². The molecule has 4 nitrogen and oxygen atoms in total. The van der Waals surface area contributed by atoms with Crippen molar-refractivity contribution in [3.63, 3.8) is 0 Å². The minimum Gasteiger partial charge on any atom is -0.508 e. The Labute approximate surface area is 177 Å². The molecule has 0 radical (unpaired) electrons. The predicted octanol–water partition coefficient (Wildman–Crippen LogP) is 5.52. The van der Waals surface area contributed by atoms with E-state index in [9.17, 15) is 9.50 Å². The van der Waals surface area contributed by atoms with Crippen LogP contribution in [0.4, 0.5) is 4.39 Å². The number of nitrogens with one attached hydrogen (secondary N) is 1. The van der Waals surface area contributed by atoms with Crippen LogP contribution >= 0.6 is 15.9 Å². The van der Waals surface area contributed by atoms with Crippen LogP contribution < -0.4 is 10.1 Å². The number of para-hydroxylation sites is 1. The van der Waals surface area contributed by atoms with Crippen molar-refractivity contribution in [3.8, 4) is 11.5 Å². The lowest BCUT2D eigenvalue weighted by Gasteiger charge is -2.31. The maximum absolute atomic E-state index is 13.7. The van der Waals surface area contributed by atoms with Gasteiger partial charge in [0.1, 0.15) is 23.5 Å². The van der Waals surface area contributed by atoms with E-state index in [1.165, 1.54) is 6.07 Å². The number of nitrogens with zero attached hydrogens (tertiary/aromatic N) is 1. The molecule has 0 saturated heterocycles. The molecule has 0 aromatic heterocycles. The summed E-state index contributed by atoms with van der Waals surface area (Å²) >= 11 is 3.26. The second-order valence-electron chi connectivity index (χ2n) is 6.86. The minimum atomic E-state index is -0.373. The molecule has 0 spiro atoms. The first-order chi connectivity index (χ1) is 14.0. The van der Waals surface area contributed by atoms with E-state index in [1.807, 2.05) is 36.4 Å². The zero-order chi connectivity index (χ0) is 20.4. The number of benzene rings is 3. The summed E-state index contributed by atoms with van der Waals surface area (Å²) in [6, 6.07) is 19.8. The van der Waals surface area contributed by atoms with Gasteiger partial charge in [-0.05, 0) is 69.5 Å². The Morgan fingerprint density at radius 1 is 1.10 bits per heavy atom. The summed E-state index contributed by atoms with van der Waals surface area (Å²) in [4.78, 5) is 4.89. The van der Waals surface area contributed by atoms with Crippen LogP contribution in [0.5, 0.6) is 11.5 Å². The molecular weight excluding hydrogens is 435 g/mol. The average molecular weight is 455 g/mol. The zero-order valence-corrected chi connectivity index (χ0v) is 17.4. The van der Waals surface area contributed by atoms with Crippen LogP contribution in [0.3, 0.4) is 0 Å². The Kier molecular flexibility index (Phi) is 5.65. The molecule has 29 heavy (non-hydrogen) atoms. The third-order valence-electron chi connectivity index (χ3n) is 5.04. The second kappa shape index (κ2) is 8.35. The van der Waals surface area contributed by atoms with Gasteiger partial charge in [-0.25, -0.2) is 4.39 Å². The fraction of sp³-hybridized carbons (Fsp3) is 0.174. The molecule has 3 aromatic carbocycles. The Hall–Kier alpha value is -2.70. The molecule has 1 aliphatic heterocycles. The van der Waals surface area contributed by atoms with Crippen LogP contribution in [0.2, 0.25) is 0 Å². The number of phenolic OH excluding ortho intramolecular Hbond substituents is 1. The summed E-state index contributed by atoms with van der Waals surface area (Å²) < 4.78 is 19.4. The quantitative estimate of drug-likeness (QED) is 0.545. The van der Waals surface area contributed by atoms with Crippen LogP contribution in [-0.2, 0) is 0 Å². The topological polar surface area (TPSA) is 53.8 Å². The zero-order valence-electron chi connectivity index (χ0n) is 15.8. The van der Waals surface area contributed by atoms with Gasteiger partial charge in [-0.3, -0.25) is 10.3 Å². The van der Waals surface area contributed by atoms with Gasteiger partial charge in [0.15, 0.2) is 0 Å². The Balaban J connectivity index is 1.75. The van der Waals surface area contributed by atoms with Gasteiger partial charge in [0.2, 0.25) is 0 Å². The van der Waals surface area contributed by atoms with Crippen molar-refractivity contribution in [2.45, 2.75) is 18.6 Å². The molecule has 0 amide bonds. The lowest BCUT2D eigenvalue weighted by molar-refractivity contribution is 0.412. The molecule has 2 atom stereocenters. The highest BCUT2D eigenvalue weighted by Crippen LogP contribution is 2.35. The molecule has 2 N–H and O–H groups in total. The van der Waals surface area contributed by atoms with Gasteiger partial charge >= 0.3 is 0 Å². The van der Waals surface area contributed by atoms with Crippen molar-refractivity contribution in [1.82, 2.24) is 5.32 Å². The number of ether oxygens (including phenoxy) is 1. The Morgan fingerprint density at radius 2 is 1.86 bits per heavy atom.